The molecule has 24 heavy (non-hydrogen) atoms. The summed E-state index contributed by atoms with van der Waals surface area (Å²) in [7, 11) is 0. The number of hydrogen-bond donors (Lipinski definition) is 2. The maximum Gasteiger partial charge on any atom is 0.308 e. The molecule has 1 aliphatic heterocycles. The highest BCUT2D eigenvalue weighted by Gasteiger charge is 2.33. The van der Waals surface area contributed by atoms with Gasteiger partial charge in [-0.1, -0.05) is 19.1 Å². The molecule has 2 unspecified atom stereocenters. The molecule has 0 radical (unpaired) electrons. The van der Waals surface area contributed by atoms with Gasteiger partial charge in [-0.05, 0) is 24.5 Å². The van der Waals surface area contributed by atoms with E-state index in [1.807, 2.05) is 6.92 Å². The molecule has 7 heteroatoms. The summed E-state index contributed by atoms with van der Waals surface area (Å²) < 4.78 is 14.0. The standard InChI is InChI=1S/C17H18FN3O3/c1-10-6-11(17(23)24)9-21(8-10)16(22)13-7-19-20-15(13)12-4-2-3-5-14(12)18/h2-5,7,10-11H,6,8-9H2,1H3,(H,19,20)(H,23,24). The number of aliphatic carboxylic acids is 1. The summed E-state index contributed by atoms with van der Waals surface area (Å²) in [6.07, 6.45) is 1.91. The number of nitrogens with one attached hydrogen (secondary N) is 1. The van der Waals surface area contributed by atoms with E-state index in [0.29, 0.717) is 18.7 Å². The van der Waals surface area contributed by atoms with E-state index in [2.05, 4.69) is 10.2 Å². The number of nitrogens with zero attached hydrogens (tertiary/aromatic N) is 2. The first-order valence-electron chi connectivity index (χ1n) is 7.77. The van der Waals surface area contributed by atoms with E-state index in [0.717, 1.165) is 0 Å². The van der Waals surface area contributed by atoms with Crippen LogP contribution in [0, 0.1) is 17.7 Å². The summed E-state index contributed by atoms with van der Waals surface area (Å²) in [6, 6.07) is 6.13. The van der Waals surface area contributed by atoms with Crippen molar-refractivity contribution in [1.82, 2.24) is 15.1 Å². The molecule has 1 saturated heterocycles. The van der Waals surface area contributed by atoms with Crippen LogP contribution in [-0.2, 0) is 4.79 Å². The van der Waals surface area contributed by atoms with Crippen LogP contribution in [0.1, 0.15) is 23.7 Å². The minimum Gasteiger partial charge on any atom is -0.481 e. The molecule has 1 fully saturated rings. The summed E-state index contributed by atoms with van der Waals surface area (Å²) in [5, 5.41) is 15.8. The van der Waals surface area contributed by atoms with Crippen LogP contribution < -0.4 is 0 Å². The minimum atomic E-state index is -0.902. The molecule has 3 rings (SSSR count). The fourth-order valence-electron chi connectivity index (χ4n) is 3.18. The zero-order valence-corrected chi connectivity index (χ0v) is 13.2. The van der Waals surface area contributed by atoms with Crippen molar-refractivity contribution in [3.63, 3.8) is 0 Å². The number of H-pyrrole nitrogens is 1. The lowest BCUT2D eigenvalue weighted by molar-refractivity contribution is -0.143. The first-order chi connectivity index (χ1) is 11.5. The summed E-state index contributed by atoms with van der Waals surface area (Å²) in [5.41, 5.74) is 0.819. The number of likely N-dealkylation sites (tertiary alicyclic amines) is 1. The molecular formula is C17H18FN3O3. The lowest BCUT2D eigenvalue weighted by atomic mass is 9.90. The van der Waals surface area contributed by atoms with Crippen LogP contribution >= 0.6 is 0 Å². The van der Waals surface area contributed by atoms with Crippen LogP contribution in [0.2, 0.25) is 0 Å². The van der Waals surface area contributed by atoms with Crippen molar-refractivity contribution < 1.29 is 19.1 Å². The summed E-state index contributed by atoms with van der Waals surface area (Å²) in [6.45, 7) is 2.55. The zero-order chi connectivity index (χ0) is 17.3. The summed E-state index contributed by atoms with van der Waals surface area (Å²) in [5.74, 6) is -2.18. The van der Waals surface area contributed by atoms with Gasteiger partial charge in [-0.15, -0.1) is 0 Å². The molecule has 1 aliphatic rings. The molecule has 0 bridgehead atoms. The number of carboxylic acid groups (broad SMARTS) is 1. The Labute approximate surface area is 138 Å². The molecule has 1 aromatic heterocycles. The monoisotopic (exact) mass is 331 g/mol. The van der Waals surface area contributed by atoms with Gasteiger partial charge in [0.1, 0.15) is 5.82 Å². The van der Waals surface area contributed by atoms with Crippen LogP contribution in [0.25, 0.3) is 11.3 Å². The second-order valence-electron chi connectivity index (χ2n) is 6.22. The van der Waals surface area contributed by atoms with E-state index in [-0.39, 0.29) is 29.5 Å². The Morgan fingerprint density at radius 3 is 2.79 bits per heavy atom. The van der Waals surface area contributed by atoms with Gasteiger partial charge < -0.3 is 10.0 Å². The van der Waals surface area contributed by atoms with Gasteiger partial charge in [0, 0.05) is 18.7 Å². The Morgan fingerprint density at radius 1 is 1.33 bits per heavy atom. The van der Waals surface area contributed by atoms with Crippen molar-refractivity contribution >= 4 is 11.9 Å². The van der Waals surface area contributed by atoms with Gasteiger partial charge in [-0.25, -0.2) is 4.39 Å². The minimum absolute atomic E-state index is 0.0904. The van der Waals surface area contributed by atoms with Gasteiger partial charge in [0.2, 0.25) is 0 Å². The fourth-order valence-corrected chi connectivity index (χ4v) is 3.18. The first-order valence-corrected chi connectivity index (χ1v) is 7.77. The van der Waals surface area contributed by atoms with Gasteiger partial charge >= 0.3 is 5.97 Å². The molecular weight excluding hydrogens is 313 g/mol. The molecule has 1 aromatic carbocycles. The van der Waals surface area contributed by atoms with Gasteiger partial charge in [0.25, 0.3) is 5.91 Å². The maximum atomic E-state index is 14.0. The van der Waals surface area contributed by atoms with Gasteiger partial charge in [0.15, 0.2) is 0 Å². The number of piperidine rings is 1. The number of aromatic amines is 1. The van der Waals surface area contributed by atoms with E-state index < -0.39 is 17.7 Å². The van der Waals surface area contributed by atoms with Crippen molar-refractivity contribution in [2.75, 3.05) is 13.1 Å². The van der Waals surface area contributed by atoms with Crippen molar-refractivity contribution in [3.8, 4) is 11.3 Å². The van der Waals surface area contributed by atoms with Crippen LogP contribution in [0.5, 0.6) is 0 Å². The molecule has 2 heterocycles. The molecule has 126 valence electrons. The van der Waals surface area contributed by atoms with Gasteiger partial charge in [-0.3, -0.25) is 14.7 Å². The van der Waals surface area contributed by atoms with Gasteiger partial charge in [-0.2, -0.15) is 5.10 Å². The predicted molar refractivity (Wildman–Crippen MR) is 84.8 cm³/mol. The molecule has 2 N–H and O–H groups in total. The van der Waals surface area contributed by atoms with E-state index in [1.54, 1.807) is 18.2 Å². The number of benzene rings is 1. The number of carbonyl (C=O) groups excluding carboxylic acids is 1. The third kappa shape index (κ3) is 3.02. The predicted octanol–water partition coefficient (Wildman–Crippen LogP) is 2.40. The largest absolute Gasteiger partial charge is 0.481 e. The van der Waals surface area contributed by atoms with Crippen LogP contribution in [0.15, 0.2) is 30.5 Å². The van der Waals surface area contributed by atoms with Crippen LogP contribution in [0.4, 0.5) is 4.39 Å². The Hall–Kier alpha value is -2.70. The maximum absolute atomic E-state index is 14.0. The van der Waals surface area contributed by atoms with Crippen molar-refractivity contribution in [1.29, 1.82) is 0 Å². The van der Waals surface area contributed by atoms with E-state index in [4.69, 9.17) is 0 Å². The number of hydrogen-bond acceptors (Lipinski definition) is 3. The molecule has 1 amide bonds. The number of halogens is 1. The average molecular weight is 331 g/mol. The number of carbonyl (C=O) groups is 2. The first kappa shape index (κ1) is 16.2. The molecule has 0 aliphatic carbocycles. The second kappa shape index (κ2) is 6.43. The third-order valence-corrected chi connectivity index (χ3v) is 4.31. The lowest BCUT2D eigenvalue weighted by Crippen LogP contribution is -2.45. The topological polar surface area (TPSA) is 86.3 Å². The average Bonchev–Trinajstić information content (AvgIpc) is 3.03. The van der Waals surface area contributed by atoms with Crippen LogP contribution in [-0.4, -0.2) is 45.2 Å². The molecule has 0 spiro atoms. The second-order valence-corrected chi connectivity index (χ2v) is 6.22. The van der Waals surface area contributed by atoms with E-state index >= 15 is 0 Å². The number of amides is 1. The molecule has 2 atom stereocenters. The highest BCUT2D eigenvalue weighted by atomic mass is 19.1. The van der Waals surface area contributed by atoms with E-state index in [9.17, 15) is 19.1 Å². The lowest BCUT2D eigenvalue weighted by Gasteiger charge is -2.34. The number of aromatic nitrogens is 2. The Morgan fingerprint density at radius 2 is 2.08 bits per heavy atom. The van der Waals surface area contributed by atoms with Crippen molar-refractivity contribution in [3.05, 3.63) is 41.8 Å². The summed E-state index contributed by atoms with van der Waals surface area (Å²) >= 11 is 0. The zero-order valence-electron chi connectivity index (χ0n) is 13.2. The smallest absolute Gasteiger partial charge is 0.308 e. The molecule has 2 aromatic rings. The highest BCUT2D eigenvalue weighted by molar-refractivity contribution is 6.00. The quantitative estimate of drug-likeness (QED) is 0.904. The van der Waals surface area contributed by atoms with Crippen molar-refractivity contribution in [2.24, 2.45) is 11.8 Å². The Kier molecular flexibility index (Phi) is 4.33. The van der Waals surface area contributed by atoms with Crippen LogP contribution in [0.3, 0.4) is 0 Å². The Balaban J connectivity index is 1.90. The number of carboxylic acids is 1. The molecule has 0 saturated carbocycles. The fraction of sp³-hybridized carbons (Fsp3) is 0.353. The Bertz CT molecular complexity index is 774. The number of rotatable bonds is 3. The van der Waals surface area contributed by atoms with Gasteiger partial charge in [0.05, 0.1) is 23.4 Å². The van der Waals surface area contributed by atoms with Crippen molar-refractivity contribution in [2.45, 2.75) is 13.3 Å². The SMILES string of the molecule is CC1CC(C(=O)O)CN(C(=O)c2cn[nH]c2-c2ccccc2F)C1. The highest BCUT2D eigenvalue weighted by Crippen LogP contribution is 2.28. The molecule has 6 nitrogen and oxygen atoms in total. The third-order valence-electron chi connectivity index (χ3n) is 4.31. The van der Waals surface area contributed by atoms with E-state index in [1.165, 1.54) is 17.2 Å². The normalized spacial score (nSPS) is 20.8. The summed E-state index contributed by atoms with van der Waals surface area (Å²) in [4.78, 5) is 25.6.